The summed E-state index contributed by atoms with van der Waals surface area (Å²) in [6.45, 7) is 6.94. The van der Waals surface area contributed by atoms with Gasteiger partial charge in [-0.3, -0.25) is 0 Å². The van der Waals surface area contributed by atoms with Crippen LogP contribution in [0.25, 0.3) is 0 Å². The molecule has 0 unspecified atom stereocenters. The zero-order chi connectivity index (χ0) is 8.32. The first kappa shape index (κ1) is 9.44. The van der Waals surface area contributed by atoms with Gasteiger partial charge in [-0.15, -0.1) is 0 Å². The summed E-state index contributed by atoms with van der Waals surface area (Å²) in [4.78, 5) is 0. The van der Waals surface area contributed by atoms with E-state index in [-0.39, 0.29) is 0 Å². The monoisotopic (exact) mass is 172 g/mol. The third kappa shape index (κ3) is 4.05. The standard InChI is InChI=1S/C10H20S/c1-10(2,3)11-8-9-6-4-5-7-9/h9H,4-8H2,1-3H3. The van der Waals surface area contributed by atoms with Crippen LogP contribution in [0.5, 0.6) is 0 Å². The van der Waals surface area contributed by atoms with Crippen molar-refractivity contribution >= 4 is 11.8 Å². The highest BCUT2D eigenvalue weighted by Gasteiger charge is 2.18. The van der Waals surface area contributed by atoms with E-state index in [1.54, 1.807) is 0 Å². The Morgan fingerprint density at radius 2 is 1.73 bits per heavy atom. The molecule has 1 aliphatic rings. The van der Waals surface area contributed by atoms with Crippen LogP contribution < -0.4 is 0 Å². The molecule has 0 radical (unpaired) electrons. The van der Waals surface area contributed by atoms with E-state index >= 15 is 0 Å². The Morgan fingerprint density at radius 1 is 1.18 bits per heavy atom. The van der Waals surface area contributed by atoms with E-state index in [4.69, 9.17) is 0 Å². The number of hydrogen-bond donors (Lipinski definition) is 0. The first-order valence-corrected chi connectivity index (χ1v) is 5.70. The molecule has 0 aromatic rings. The van der Waals surface area contributed by atoms with Gasteiger partial charge in [-0.2, -0.15) is 11.8 Å². The maximum Gasteiger partial charge on any atom is 0.00751 e. The van der Waals surface area contributed by atoms with Crippen molar-refractivity contribution in [2.75, 3.05) is 5.75 Å². The molecule has 0 heterocycles. The maximum atomic E-state index is 2.31. The molecule has 1 fully saturated rings. The van der Waals surface area contributed by atoms with Gasteiger partial charge in [-0.05, 0) is 24.5 Å². The summed E-state index contributed by atoms with van der Waals surface area (Å²) in [5, 5.41) is 0. The smallest absolute Gasteiger partial charge is 0.00751 e. The third-order valence-electron chi connectivity index (χ3n) is 2.23. The van der Waals surface area contributed by atoms with Gasteiger partial charge >= 0.3 is 0 Å². The Hall–Kier alpha value is 0.350. The van der Waals surface area contributed by atoms with Crippen LogP contribution in [0.4, 0.5) is 0 Å². The fourth-order valence-corrected chi connectivity index (χ4v) is 2.61. The van der Waals surface area contributed by atoms with E-state index in [0.717, 1.165) is 5.92 Å². The lowest BCUT2D eigenvalue weighted by molar-refractivity contribution is 0.618. The average Bonchev–Trinajstić information content (AvgIpc) is 2.32. The lowest BCUT2D eigenvalue weighted by Gasteiger charge is -2.19. The van der Waals surface area contributed by atoms with E-state index in [1.165, 1.54) is 31.4 Å². The summed E-state index contributed by atoms with van der Waals surface area (Å²) in [6, 6.07) is 0. The maximum absolute atomic E-state index is 2.31. The average molecular weight is 172 g/mol. The highest BCUT2D eigenvalue weighted by atomic mass is 32.2. The van der Waals surface area contributed by atoms with Gasteiger partial charge in [-0.1, -0.05) is 33.6 Å². The highest BCUT2D eigenvalue weighted by Crippen LogP contribution is 2.32. The molecule has 0 aliphatic heterocycles. The molecule has 66 valence electrons. The van der Waals surface area contributed by atoms with Crippen molar-refractivity contribution in [1.82, 2.24) is 0 Å². The van der Waals surface area contributed by atoms with Crippen molar-refractivity contribution in [3.63, 3.8) is 0 Å². The molecule has 0 bridgehead atoms. The minimum absolute atomic E-state index is 0.475. The van der Waals surface area contributed by atoms with Crippen LogP contribution >= 0.6 is 11.8 Å². The summed E-state index contributed by atoms with van der Waals surface area (Å²) in [5.74, 6) is 2.43. The molecule has 0 saturated heterocycles. The minimum atomic E-state index is 0.475. The van der Waals surface area contributed by atoms with E-state index in [0.29, 0.717) is 4.75 Å². The zero-order valence-electron chi connectivity index (χ0n) is 8.02. The number of thioether (sulfide) groups is 1. The van der Waals surface area contributed by atoms with Crippen molar-refractivity contribution in [2.45, 2.75) is 51.2 Å². The van der Waals surface area contributed by atoms with Gasteiger partial charge in [0.25, 0.3) is 0 Å². The Morgan fingerprint density at radius 3 is 2.18 bits per heavy atom. The van der Waals surface area contributed by atoms with E-state index < -0.39 is 0 Å². The molecular weight excluding hydrogens is 152 g/mol. The van der Waals surface area contributed by atoms with Crippen LogP contribution in [0.3, 0.4) is 0 Å². The molecule has 11 heavy (non-hydrogen) atoms. The largest absolute Gasteiger partial charge is 0.156 e. The van der Waals surface area contributed by atoms with Crippen LogP contribution in [-0.4, -0.2) is 10.5 Å². The normalized spacial score (nSPS) is 21.0. The van der Waals surface area contributed by atoms with Gasteiger partial charge in [0.1, 0.15) is 0 Å². The molecule has 0 amide bonds. The molecule has 0 spiro atoms. The topological polar surface area (TPSA) is 0 Å². The van der Waals surface area contributed by atoms with Crippen molar-refractivity contribution in [1.29, 1.82) is 0 Å². The fourth-order valence-electron chi connectivity index (χ4n) is 1.54. The Kier molecular flexibility index (Phi) is 3.29. The minimum Gasteiger partial charge on any atom is -0.156 e. The Balaban J connectivity index is 2.11. The van der Waals surface area contributed by atoms with Crippen LogP contribution in [0.2, 0.25) is 0 Å². The van der Waals surface area contributed by atoms with Crippen LogP contribution in [0.1, 0.15) is 46.5 Å². The predicted molar refractivity (Wildman–Crippen MR) is 54.2 cm³/mol. The SMILES string of the molecule is CC(C)(C)SCC1CCCC1. The number of hydrogen-bond acceptors (Lipinski definition) is 1. The second-order valence-corrected chi connectivity index (χ2v) is 6.42. The quantitative estimate of drug-likeness (QED) is 0.612. The molecule has 0 nitrogen and oxygen atoms in total. The Bertz CT molecular complexity index is 107. The Labute approximate surface area is 75.1 Å². The molecule has 0 N–H and O–H groups in total. The summed E-state index contributed by atoms with van der Waals surface area (Å²) in [5.41, 5.74) is 0. The van der Waals surface area contributed by atoms with Crippen LogP contribution in [0, 0.1) is 5.92 Å². The summed E-state index contributed by atoms with van der Waals surface area (Å²) < 4.78 is 0.475. The van der Waals surface area contributed by atoms with Crippen molar-refractivity contribution in [3.05, 3.63) is 0 Å². The van der Waals surface area contributed by atoms with E-state index in [2.05, 4.69) is 32.5 Å². The molecule has 1 saturated carbocycles. The number of rotatable bonds is 2. The van der Waals surface area contributed by atoms with E-state index in [1.807, 2.05) is 0 Å². The first-order valence-electron chi connectivity index (χ1n) is 4.72. The zero-order valence-corrected chi connectivity index (χ0v) is 8.84. The van der Waals surface area contributed by atoms with Crippen molar-refractivity contribution in [3.8, 4) is 0 Å². The molecule has 0 aromatic carbocycles. The van der Waals surface area contributed by atoms with Gasteiger partial charge in [0.15, 0.2) is 0 Å². The van der Waals surface area contributed by atoms with Crippen molar-refractivity contribution in [2.24, 2.45) is 5.92 Å². The highest BCUT2D eigenvalue weighted by molar-refractivity contribution is 8.00. The molecule has 0 aromatic heterocycles. The van der Waals surface area contributed by atoms with Crippen molar-refractivity contribution < 1.29 is 0 Å². The van der Waals surface area contributed by atoms with Gasteiger partial charge < -0.3 is 0 Å². The molecule has 1 heteroatoms. The summed E-state index contributed by atoms with van der Waals surface area (Å²) >= 11 is 2.13. The van der Waals surface area contributed by atoms with E-state index in [9.17, 15) is 0 Å². The first-order chi connectivity index (χ1) is 5.08. The van der Waals surface area contributed by atoms with Gasteiger partial charge in [0.2, 0.25) is 0 Å². The van der Waals surface area contributed by atoms with Gasteiger partial charge in [-0.25, -0.2) is 0 Å². The molecule has 1 rings (SSSR count). The summed E-state index contributed by atoms with van der Waals surface area (Å²) in [7, 11) is 0. The lowest BCUT2D eigenvalue weighted by atomic mass is 10.1. The molecule has 1 aliphatic carbocycles. The van der Waals surface area contributed by atoms with Crippen LogP contribution in [0.15, 0.2) is 0 Å². The third-order valence-corrected chi connectivity index (χ3v) is 3.73. The molecule has 0 atom stereocenters. The summed E-state index contributed by atoms with van der Waals surface area (Å²) in [6.07, 6.45) is 5.94. The predicted octanol–water partition coefficient (Wildman–Crippen LogP) is 3.71. The van der Waals surface area contributed by atoms with Gasteiger partial charge in [0, 0.05) is 4.75 Å². The molecular formula is C10H20S. The van der Waals surface area contributed by atoms with Crippen LogP contribution in [-0.2, 0) is 0 Å². The van der Waals surface area contributed by atoms with Gasteiger partial charge in [0.05, 0.1) is 0 Å². The second-order valence-electron chi connectivity index (χ2n) is 4.57. The lowest BCUT2D eigenvalue weighted by Crippen LogP contribution is -2.11. The second kappa shape index (κ2) is 3.84. The fraction of sp³-hybridized carbons (Fsp3) is 1.00.